The first-order chi connectivity index (χ1) is 14.4. The van der Waals surface area contributed by atoms with Gasteiger partial charge in [0.25, 0.3) is 0 Å². The van der Waals surface area contributed by atoms with Crippen molar-refractivity contribution in [1.82, 2.24) is 19.9 Å². The molecule has 0 spiro atoms. The molecule has 4 aromatic heterocycles. The van der Waals surface area contributed by atoms with E-state index in [1.165, 1.54) is 4.88 Å². The zero-order valence-electron chi connectivity index (χ0n) is 15.5. The van der Waals surface area contributed by atoms with Gasteiger partial charge in [-0.15, -0.1) is 11.3 Å². The van der Waals surface area contributed by atoms with Crippen LogP contribution in [-0.4, -0.2) is 19.9 Å². The van der Waals surface area contributed by atoms with Gasteiger partial charge < -0.3 is 5.32 Å². The van der Waals surface area contributed by atoms with Crippen LogP contribution in [0.5, 0.6) is 0 Å². The molecule has 0 bridgehead atoms. The molecule has 0 radical (unpaired) electrons. The fraction of sp³-hybridized carbons (Fsp3) is 0.0435. The van der Waals surface area contributed by atoms with Crippen LogP contribution in [0.4, 0.5) is 5.82 Å². The van der Waals surface area contributed by atoms with E-state index in [0.717, 1.165) is 33.5 Å². The van der Waals surface area contributed by atoms with Crippen molar-refractivity contribution in [3.63, 3.8) is 0 Å². The topological polar surface area (TPSA) is 63.6 Å². The maximum absolute atomic E-state index is 4.82. The predicted molar refractivity (Wildman–Crippen MR) is 118 cm³/mol. The van der Waals surface area contributed by atoms with Crippen LogP contribution in [0.25, 0.3) is 32.7 Å². The molecule has 0 saturated heterocycles. The minimum atomic E-state index is 0.586. The molecule has 0 amide bonds. The second kappa shape index (κ2) is 7.77. The van der Waals surface area contributed by atoms with E-state index in [1.54, 1.807) is 29.9 Å². The van der Waals surface area contributed by atoms with E-state index in [2.05, 4.69) is 51.0 Å². The molecule has 0 aliphatic rings. The zero-order valence-corrected chi connectivity index (χ0v) is 16.3. The van der Waals surface area contributed by atoms with Crippen molar-refractivity contribution in [2.75, 3.05) is 5.32 Å². The highest BCUT2D eigenvalue weighted by atomic mass is 32.1. The molecule has 5 rings (SSSR count). The summed E-state index contributed by atoms with van der Waals surface area (Å²) in [6.07, 6.45) is 5.33. The minimum Gasteiger partial charge on any atom is -0.364 e. The molecule has 140 valence electrons. The Morgan fingerprint density at radius 2 is 1.86 bits per heavy atom. The second-order valence-corrected chi connectivity index (χ2v) is 7.47. The van der Waals surface area contributed by atoms with Gasteiger partial charge in [-0.05, 0) is 53.4 Å². The van der Waals surface area contributed by atoms with Crippen LogP contribution in [-0.2, 0) is 6.54 Å². The molecular weight excluding hydrogens is 378 g/mol. The van der Waals surface area contributed by atoms with Crippen LogP contribution < -0.4 is 5.32 Å². The zero-order chi connectivity index (χ0) is 19.5. The van der Waals surface area contributed by atoms with Gasteiger partial charge in [-0.25, -0.2) is 9.97 Å². The summed E-state index contributed by atoms with van der Waals surface area (Å²) in [6.45, 7) is 0.586. The second-order valence-electron chi connectivity index (χ2n) is 6.52. The largest absolute Gasteiger partial charge is 0.364 e. The first kappa shape index (κ1) is 17.5. The number of aromatic nitrogens is 4. The normalized spacial score (nSPS) is 10.9. The first-order valence-corrected chi connectivity index (χ1v) is 10.1. The van der Waals surface area contributed by atoms with Crippen molar-refractivity contribution in [3.05, 3.63) is 90.3 Å². The molecule has 1 N–H and O–H groups in total. The minimum absolute atomic E-state index is 0.586. The molecule has 4 heterocycles. The highest BCUT2D eigenvalue weighted by Crippen LogP contribution is 2.31. The molecule has 6 heteroatoms. The van der Waals surface area contributed by atoms with Crippen molar-refractivity contribution < 1.29 is 0 Å². The Morgan fingerprint density at radius 1 is 0.862 bits per heavy atom. The number of nitrogens with one attached hydrogen (secondary N) is 1. The monoisotopic (exact) mass is 395 g/mol. The average molecular weight is 395 g/mol. The fourth-order valence-electron chi connectivity index (χ4n) is 3.16. The van der Waals surface area contributed by atoms with Gasteiger partial charge in [0.15, 0.2) is 5.82 Å². The number of hydrogen-bond acceptors (Lipinski definition) is 6. The van der Waals surface area contributed by atoms with Crippen LogP contribution in [0.2, 0.25) is 0 Å². The number of benzene rings is 1. The number of rotatable bonds is 5. The van der Waals surface area contributed by atoms with Gasteiger partial charge >= 0.3 is 0 Å². The summed E-state index contributed by atoms with van der Waals surface area (Å²) in [5.41, 5.74) is 3.89. The van der Waals surface area contributed by atoms with Gasteiger partial charge in [-0.2, -0.15) is 0 Å². The van der Waals surface area contributed by atoms with E-state index in [4.69, 9.17) is 9.97 Å². The lowest BCUT2D eigenvalue weighted by Crippen LogP contribution is -2.05. The quantitative estimate of drug-likeness (QED) is 0.430. The molecule has 5 aromatic rings. The molecule has 1 aromatic carbocycles. The van der Waals surface area contributed by atoms with E-state index >= 15 is 0 Å². The fourth-order valence-corrected chi connectivity index (χ4v) is 3.88. The van der Waals surface area contributed by atoms with E-state index in [0.29, 0.717) is 12.4 Å². The van der Waals surface area contributed by atoms with Crippen molar-refractivity contribution in [1.29, 1.82) is 0 Å². The number of hydrogen-bond donors (Lipinski definition) is 1. The molecule has 0 unspecified atom stereocenters. The molecule has 0 aliphatic carbocycles. The van der Waals surface area contributed by atoms with E-state index < -0.39 is 0 Å². The SMILES string of the molecule is c1ccc(CNc2nc(-c3cccnc3)nc3ccc(-c4cccs4)cc23)nc1. The number of thiophene rings is 1. The third-order valence-corrected chi connectivity index (χ3v) is 5.50. The van der Waals surface area contributed by atoms with Crippen LogP contribution in [0.15, 0.2) is 84.6 Å². The summed E-state index contributed by atoms with van der Waals surface area (Å²) in [7, 11) is 0. The van der Waals surface area contributed by atoms with Crippen LogP contribution in [0.3, 0.4) is 0 Å². The van der Waals surface area contributed by atoms with Gasteiger partial charge in [0.2, 0.25) is 0 Å². The molecule has 0 saturated carbocycles. The number of fused-ring (bicyclic) bond motifs is 1. The first-order valence-electron chi connectivity index (χ1n) is 9.27. The van der Waals surface area contributed by atoms with Crippen molar-refractivity contribution in [2.24, 2.45) is 0 Å². The summed E-state index contributed by atoms with van der Waals surface area (Å²) in [6, 6.07) is 20.2. The Labute approximate surface area is 172 Å². The van der Waals surface area contributed by atoms with Gasteiger partial charge in [0.05, 0.1) is 17.8 Å². The van der Waals surface area contributed by atoms with Crippen molar-refractivity contribution in [3.8, 4) is 21.8 Å². The van der Waals surface area contributed by atoms with Crippen LogP contribution in [0.1, 0.15) is 5.69 Å². The van der Waals surface area contributed by atoms with E-state index in [1.807, 2.05) is 30.3 Å². The Kier molecular flexibility index (Phi) is 4.68. The van der Waals surface area contributed by atoms with Gasteiger partial charge in [0.1, 0.15) is 5.82 Å². The molecular formula is C23H17N5S. The summed E-state index contributed by atoms with van der Waals surface area (Å²) in [5.74, 6) is 1.44. The Bertz CT molecular complexity index is 1240. The van der Waals surface area contributed by atoms with Gasteiger partial charge in [0, 0.05) is 34.4 Å². The van der Waals surface area contributed by atoms with E-state index in [-0.39, 0.29) is 0 Å². The maximum Gasteiger partial charge on any atom is 0.163 e. The van der Waals surface area contributed by atoms with Crippen LogP contribution >= 0.6 is 11.3 Å². The van der Waals surface area contributed by atoms with Crippen LogP contribution in [0, 0.1) is 0 Å². The predicted octanol–water partition coefficient (Wildman–Crippen LogP) is 5.43. The summed E-state index contributed by atoms with van der Waals surface area (Å²) in [4.78, 5) is 19.4. The van der Waals surface area contributed by atoms with Crippen molar-refractivity contribution >= 4 is 28.1 Å². The third kappa shape index (κ3) is 3.70. The number of anilines is 1. The summed E-state index contributed by atoms with van der Waals surface area (Å²) >= 11 is 1.72. The lowest BCUT2D eigenvalue weighted by Gasteiger charge is -2.12. The Morgan fingerprint density at radius 3 is 2.66 bits per heavy atom. The Hall–Kier alpha value is -3.64. The highest BCUT2D eigenvalue weighted by molar-refractivity contribution is 7.13. The van der Waals surface area contributed by atoms with E-state index in [9.17, 15) is 0 Å². The molecule has 29 heavy (non-hydrogen) atoms. The molecule has 0 aliphatic heterocycles. The standard InChI is InChI=1S/C23H17N5S/c1-2-11-25-18(6-1)15-26-23-19-13-16(21-7-4-12-29-21)8-9-20(19)27-22(28-23)17-5-3-10-24-14-17/h1-14H,15H2,(H,26,27,28). The highest BCUT2D eigenvalue weighted by Gasteiger charge is 2.12. The van der Waals surface area contributed by atoms with Crippen molar-refractivity contribution in [2.45, 2.75) is 6.54 Å². The molecule has 0 atom stereocenters. The molecule has 0 fully saturated rings. The number of nitrogens with zero attached hydrogens (tertiary/aromatic N) is 4. The lowest BCUT2D eigenvalue weighted by atomic mass is 10.1. The lowest BCUT2D eigenvalue weighted by molar-refractivity contribution is 1.03. The summed E-state index contributed by atoms with van der Waals surface area (Å²) in [5, 5.41) is 6.53. The smallest absolute Gasteiger partial charge is 0.163 e. The Balaban J connectivity index is 1.61. The third-order valence-electron chi connectivity index (χ3n) is 4.58. The maximum atomic E-state index is 4.82. The van der Waals surface area contributed by atoms with Gasteiger partial charge in [-0.3, -0.25) is 9.97 Å². The molecule has 5 nitrogen and oxygen atoms in total. The number of pyridine rings is 2. The summed E-state index contributed by atoms with van der Waals surface area (Å²) < 4.78 is 0. The average Bonchev–Trinajstić information content (AvgIpc) is 3.33. The van der Waals surface area contributed by atoms with Gasteiger partial charge in [-0.1, -0.05) is 18.2 Å².